The Morgan fingerprint density at radius 2 is 1.76 bits per heavy atom. The first-order chi connectivity index (χ1) is 16.0. The van der Waals surface area contributed by atoms with E-state index in [0.29, 0.717) is 31.8 Å². The number of fused-ring (bicyclic) bond motifs is 1. The molecule has 2 aliphatic rings. The van der Waals surface area contributed by atoms with Crippen LogP contribution in [0.5, 0.6) is 0 Å². The first kappa shape index (κ1) is 22.6. The maximum Gasteiger partial charge on any atom is 0.268 e. The first-order valence-electron chi connectivity index (χ1n) is 11.6. The Morgan fingerprint density at radius 1 is 1.06 bits per heavy atom. The molecule has 0 bridgehead atoms. The van der Waals surface area contributed by atoms with E-state index >= 15 is 0 Å². The summed E-state index contributed by atoms with van der Waals surface area (Å²) in [5.41, 5.74) is 1.56. The number of likely N-dealkylation sites (tertiary alicyclic amines) is 1. The number of ether oxygens (including phenoxy) is 2. The minimum Gasteiger partial charge on any atom is -0.395 e. The second-order valence-corrected chi connectivity index (χ2v) is 10.5. The molecule has 2 aliphatic heterocycles. The molecular weight excluding hydrogens is 440 g/mol. The lowest BCUT2D eigenvalue weighted by Crippen LogP contribution is -2.54. The molecular formula is C25H30N2O5S. The largest absolute Gasteiger partial charge is 0.395 e. The fourth-order valence-electron chi connectivity index (χ4n) is 5.59. The van der Waals surface area contributed by atoms with Gasteiger partial charge in [0.05, 0.1) is 30.2 Å². The number of aliphatic hydroxyl groups excluding tert-OH is 1. The van der Waals surface area contributed by atoms with E-state index in [2.05, 4.69) is 11.8 Å². The summed E-state index contributed by atoms with van der Waals surface area (Å²) in [6, 6.07) is 16.0. The monoisotopic (exact) mass is 470 g/mol. The summed E-state index contributed by atoms with van der Waals surface area (Å²) >= 11 is 0. The predicted octanol–water partition coefficient (Wildman–Crippen LogP) is 3.39. The van der Waals surface area contributed by atoms with Crippen molar-refractivity contribution in [2.24, 2.45) is 5.92 Å². The lowest BCUT2D eigenvalue weighted by molar-refractivity contribution is -0.237. The standard InChI is InChI=1S/C25H30N2O5S/c1-2-22-24(26(14-15-28)13-12-25(22)31-16-17-32-25)21-18-27(23-11-7-6-10-20(21)23)33(29,30)19-8-4-3-5-9-19/h3-11,18,22,24,28H,2,12-17H2,1H3/t22-,24-/m1/s1. The Kier molecular flexibility index (Phi) is 6.05. The van der Waals surface area contributed by atoms with E-state index < -0.39 is 15.8 Å². The third-order valence-electron chi connectivity index (χ3n) is 7.02. The maximum absolute atomic E-state index is 13.6. The summed E-state index contributed by atoms with van der Waals surface area (Å²) in [5, 5.41) is 10.7. The summed E-state index contributed by atoms with van der Waals surface area (Å²) < 4.78 is 41.0. The molecule has 0 radical (unpaired) electrons. The molecule has 0 aliphatic carbocycles. The average molecular weight is 471 g/mol. The van der Waals surface area contributed by atoms with Gasteiger partial charge in [0.25, 0.3) is 10.0 Å². The molecule has 3 heterocycles. The molecule has 33 heavy (non-hydrogen) atoms. The van der Waals surface area contributed by atoms with Crippen molar-refractivity contribution in [3.05, 3.63) is 66.4 Å². The SMILES string of the molecule is CC[C@@H]1[C@@H](c2cn(S(=O)(=O)c3ccccc3)c3ccccc23)N(CCO)CCC12OCCO2. The second-order valence-electron chi connectivity index (χ2n) is 8.69. The van der Waals surface area contributed by atoms with Crippen LogP contribution in [0.3, 0.4) is 0 Å². The summed E-state index contributed by atoms with van der Waals surface area (Å²) in [4.78, 5) is 2.49. The van der Waals surface area contributed by atoms with Gasteiger partial charge in [0.2, 0.25) is 0 Å². The first-order valence-corrected chi connectivity index (χ1v) is 13.0. The summed E-state index contributed by atoms with van der Waals surface area (Å²) in [6.07, 6.45) is 3.29. The Labute approximate surface area is 194 Å². The van der Waals surface area contributed by atoms with Gasteiger partial charge in [0.1, 0.15) is 0 Å². The normalized spacial score (nSPS) is 23.5. The number of rotatable bonds is 6. The quantitative estimate of drug-likeness (QED) is 0.595. The molecule has 5 rings (SSSR count). The van der Waals surface area contributed by atoms with Gasteiger partial charge in [-0.05, 0) is 30.2 Å². The van der Waals surface area contributed by atoms with Crippen molar-refractivity contribution in [2.45, 2.75) is 36.5 Å². The highest BCUT2D eigenvalue weighted by atomic mass is 32.2. The van der Waals surface area contributed by atoms with Crippen molar-refractivity contribution in [2.75, 3.05) is 32.9 Å². The van der Waals surface area contributed by atoms with Crippen LogP contribution in [-0.4, -0.2) is 61.1 Å². The Morgan fingerprint density at radius 3 is 2.45 bits per heavy atom. The van der Waals surface area contributed by atoms with E-state index in [4.69, 9.17) is 9.47 Å². The Hall–Kier alpha value is -2.23. The van der Waals surface area contributed by atoms with Gasteiger partial charge < -0.3 is 14.6 Å². The molecule has 2 saturated heterocycles. The van der Waals surface area contributed by atoms with Gasteiger partial charge in [0, 0.05) is 43.1 Å². The smallest absolute Gasteiger partial charge is 0.268 e. The van der Waals surface area contributed by atoms with Crippen molar-refractivity contribution in [3.63, 3.8) is 0 Å². The van der Waals surface area contributed by atoms with Gasteiger partial charge in [0.15, 0.2) is 5.79 Å². The van der Waals surface area contributed by atoms with Crippen LogP contribution in [0.15, 0.2) is 65.7 Å². The highest BCUT2D eigenvalue weighted by Gasteiger charge is 2.52. The molecule has 2 atom stereocenters. The zero-order chi connectivity index (χ0) is 23.1. The fourth-order valence-corrected chi connectivity index (χ4v) is 6.99. The fraction of sp³-hybridized carbons (Fsp3) is 0.440. The average Bonchev–Trinajstić information content (AvgIpc) is 3.47. The van der Waals surface area contributed by atoms with Crippen LogP contribution in [-0.2, 0) is 19.5 Å². The minimum absolute atomic E-state index is 0.000939. The number of nitrogens with zero attached hydrogens (tertiary/aromatic N) is 2. The molecule has 176 valence electrons. The van der Waals surface area contributed by atoms with Crippen LogP contribution < -0.4 is 0 Å². The topological polar surface area (TPSA) is 81.0 Å². The van der Waals surface area contributed by atoms with E-state index in [0.717, 1.165) is 23.8 Å². The lowest BCUT2D eigenvalue weighted by atomic mass is 9.78. The zero-order valence-corrected chi connectivity index (χ0v) is 19.6. The van der Waals surface area contributed by atoms with Gasteiger partial charge in [-0.1, -0.05) is 43.3 Å². The van der Waals surface area contributed by atoms with E-state index in [-0.39, 0.29) is 23.5 Å². The number of aromatic nitrogens is 1. The lowest BCUT2D eigenvalue weighted by Gasteiger charge is -2.49. The molecule has 0 saturated carbocycles. The summed E-state index contributed by atoms with van der Waals surface area (Å²) in [6.45, 7) is 4.48. The molecule has 2 aromatic carbocycles. The Balaban J connectivity index is 1.70. The number of piperidine rings is 1. The number of aliphatic hydroxyl groups is 1. The molecule has 1 spiro atoms. The summed E-state index contributed by atoms with van der Waals surface area (Å²) in [7, 11) is -3.78. The van der Waals surface area contributed by atoms with Crippen LogP contribution in [0, 0.1) is 5.92 Å². The molecule has 0 unspecified atom stereocenters. The molecule has 0 amide bonds. The van der Waals surface area contributed by atoms with E-state index in [1.165, 1.54) is 3.97 Å². The number of hydrogen-bond donors (Lipinski definition) is 1. The maximum atomic E-state index is 13.6. The number of hydrogen-bond acceptors (Lipinski definition) is 6. The van der Waals surface area contributed by atoms with E-state index in [1.54, 1.807) is 36.5 Å². The van der Waals surface area contributed by atoms with Crippen molar-refractivity contribution >= 4 is 20.9 Å². The third-order valence-corrected chi connectivity index (χ3v) is 8.71. The van der Waals surface area contributed by atoms with Gasteiger partial charge >= 0.3 is 0 Å². The number of benzene rings is 2. The van der Waals surface area contributed by atoms with Gasteiger partial charge in [-0.25, -0.2) is 12.4 Å². The van der Waals surface area contributed by atoms with E-state index in [9.17, 15) is 13.5 Å². The highest BCUT2D eigenvalue weighted by Crippen LogP contribution is 2.49. The van der Waals surface area contributed by atoms with Crippen molar-refractivity contribution < 1.29 is 23.0 Å². The molecule has 2 fully saturated rings. The Bertz CT molecular complexity index is 1220. The molecule has 7 nitrogen and oxygen atoms in total. The highest BCUT2D eigenvalue weighted by molar-refractivity contribution is 7.90. The molecule has 3 aromatic rings. The van der Waals surface area contributed by atoms with Crippen LogP contribution in [0.2, 0.25) is 0 Å². The number of β-amino-alcohol motifs (C(OH)–C–C–N with tert-alkyl or cyclic N) is 1. The van der Waals surface area contributed by atoms with Crippen molar-refractivity contribution in [1.82, 2.24) is 8.87 Å². The van der Waals surface area contributed by atoms with Crippen LogP contribution in [0.25, 0.3) is 10.9 Å². The van der Waals surface area contributed by atoms with Crippen LogP contribution >= 0.6 is 0 Å². The second kappa shape index (κ2) is 8.85. The van der Waals surface area contributed by atoms with Crippen molar-refractivity contribution in [3.8, 4) is 0 Å². The zero-order valence-electron chi connectivity index (χ0n) is 18.8. The third kappa shape index (κ3) is 3.70. The van der Waals surface area contributed by atoms with Gasteiger partial charge in [-0.3, -0.25) is 4.90 Å². The van der Waals surface area contributed by atoms with Gasteiger partial charge in [-0.15, -0.1) is 0 Å². The van der Waals surface area contributed by atoms with Crippen molar-refractivity contribution in [1.29, 1.82) is 0 Å². The van der Waals surface area contributed by atoms with Crippen LogP contribution in [0.4, 0.5) is 0 Å². The number of para-hydroxylation sites is 1. The summed E-state index contributed by atoms with van der Waals surface area (Å²) in [5.74, 6) is -0.675. The molecule has 1 aromatic heterocycles. The van der Waals surface area contributed by atoms with E-state index in [1.807, 2.05) is 24.3 Å². The van der Waals surface area contributed by atoms with Gasteiger partial charge in [-0.2, -0.15) is 0 Å². The van der Waals surface area contributed by atoms with Crippen LogP contribution in [0.1, 0.15) is 31.4 Å². The minimum atomic E-state index is -3.78. The molecule has 1 N–H and O–H groups in total. The molecule has 8 heteroatoms. The predicted molar refractivity (Wildman–Crippen MR) is 125 cm³/mol.